The van der Waals surface area contributed by atoms with Crippen molar-refractivity contribution in [2.75, 3.05) is 60.7 Å². The maximum absolute atomic E-state index is 5.56. The van der Waals surface area contributed by atoms with Crippen molar-refractivity contribution in [1.29, 1.82) is 0 Å². The third-order valence-corrected chi connectivity index (χ3v) is 3.97. The topological polar surface area (TPSA) is 75.9 Å². The molecule has 0 saturated heterocycles. The Kier molecular flexibility index (Phi) is 11.7. The molecule has 1 atom stereocenters. The minimum atomic E-state index is 0.221. The number of aryl methyl sites for hydroxylation is 1. The second-order valence-electron chi connectivity index (χ2n) is 6.38. The molecule has 8 nitrogen and oxygen atoms in total. The van der Waals surface area contributed by atoms with E-state index < -0.39 is 0 Å². The molecule has 0 aliphatic carbocycles. The molecule has 1 unspecified atom stereocenters. The lowest BCUT2D eigenvalue weighted by Crippen LogP contribution is -2.42. The van der Waals surface area contributed by atoms with Crippen LogP contribution in [0.25, 0.3) is 0 Å². The summed E-state index contributed by atoms with van der Waals surface area (Å²) < 4.78 is 12.8. The highest BCUT2D eigenvalue weighted by molar-refractivity contribution is 5.79. The van der Waals surface area contributed by atoms with E-state index in [-0.39, 0.29) is 6.04 Å². The summed E-state index contributed by atoms with van der Waals surface area (Å²) in [6.07, 6.45) is 6.21. The van der Waals surface area contributed by atoms with E-state index >= 15 is 0 Å². The predicted octanol–water partition coefficient (Wildman–Crippen LogP) is 1.02. The second-order valence-corrected chi connectivity index (χ2v) is 6.38. The molecule has 1 heterocycles. The summed E-state index contributed by atoms with van der Waals surface area (Å²) >= 11 is 0. The van der Waals surface area contributed by atoms with Gasteiger partial charge in [0.05, 0.1) is 32.1 Å². The van der Waals surface area contributed by atoms with E-state index in [4.69, 9.17) is 9.47 Å². The first-order valence-electron chi connectivity index (χ1n) is 9.33. The fraction of sp³-hybridized carbons (Fsp3) is 0.778. The van der Waals surface area contributed by atoms with Crippen LogP contribution < -0.4 is 10.6 Å². The first kappa shape index (κ1) is 22.4. The molecule has 0 saturated carbocycles. The number of nitrogens with one attached hydrogen (secondary N) is 2. The standard InChI is InChI=1S/C18H36N6O2/c1-6-7-9-25-11-12-26-10-8-20-18(19-2)21-14-17(23(3)4)16-13-22-24(5)15-16/h13,15,17H,6-12,14H2,1-5H3,(H2,19,20,21). The number of likely N-dealkylation sites (N-methyl/N-ethyl adjacent to an activating group) is 1. The summed E-state index contributed by atoms with van der Waals surface area (Å²) in [5.41, 5.74) is 1.17. The van der Waals surface area contributed by atoms with Gasteiger partial charge >= 0.3 is 0 Å². The van der Waals surface area contributed by atoms with Crippen molar-refractivity contribution in [2.45, 2.75) is 25.8 Å². The number of rotatable bonds is 13. The molecule has 0 amide bonds. The number of guanidine groups is 1. The van der Waals surface area contributed by atoms with Crippen LogP contribution >= 0.6 is 0 Å². The Morgan fingerprint density at radius 1 is 1.23 bits per heavy atom. The minimum Gasteiger partial charge on any atom is -0.379 e. The van der Waals surface area contributed by atoms with Crippen molar-refractivity contribution in [3.63, 3.8) is 0 Å². The molecule has 0 spiro atoms. The van der Waals surface area contributed by atoms with Gasteiger partial charge in [0.25, 0.3) is 0 Å². The number of hydrogen-bond donors (Lipinski definition) is 2. The van der Waals surface area contributed by atoms with Gasteiger partial charge in [0.2, 0.25) is 0 Å². The van der Waals surface area contributed by atoms with Gasteiger partial charge < -0.3 is 25.0 Å². The Morgan fingerprint density at radius 3 is 2.54 bits per heavy atom. The van der Waals surface area contributed by atoms with Crippen LogP contribution in [0.2, 0.25) is 0 Å². The lowest BCUT2D eigenvalue weighted by atomic mass is 10.1. The zero-order valence-corrected chi connectivity index (χ0v) is 17.0. The van der Waals surface area contributed by atoms with E-state index in [1.807, 2.05) is 24.1 Å². The molecular weight excluding hydrogens is 332 g/mol. The lowest BCUT2D eigenvalue weighted by molar-refractivity contribution is 0.0487. The summed E-state index contributed by atoms with van der Waals surface area (Å²) in [7, 11) is 7.82. The highest BCUT2D eigenvalue weighted by Crippen LogP contribution is 2.15. The average Bonchev–Trinajstić information content (AvgIpc) is 3.04. The van der Waals surface area contributed by atoms with Crippen molar-refractivity contribution in [3.8, 4) is 0 Å². The van der Waals surface area contributed by atoms with E-state index in [9.17, 15) is 0 Å². The van der Waals surface area contributed by atoms with E-state index in [1.54, 1.807) is 7.05 Å². The number of nitrogens with zero attached hydrogens (tertiary/aromatic N) is 4. The van der Waals surface area contributed by atoms with Gasteiger partial charge in [-0.15, -0.1) is 0 Å². The van der Waals surface area contributed by atoms with Crippen LogP contribution in [-0.4, -0.2) is 81.3 Å². The molecule has 26 heavy (non-hydrogen) atoms. The third-order valence-electron chi connectivity index (χ3n) is 3.97. The zero-order valence-electron chi connectivity index (χ0n) is 17.0. The maximum atomic E-state index is 5.56. The molecule has 0 aliphatic rings. The summed E-state index contributed by atoms with van der Waals surface area (Å²) in [4.78, 5) is 6.43. The maximum Gasteiger partial charge on any atom is 0.191 e. The Morgan fingerprint density at radius 2 is 1.96 bits per heavy atom. The van der Waals surface area contributed by atoms with Crippen LogP contribution in [0.4, 0.5) is 0 Å². The van der Waals surface area contributed by atoms with Crippen LogP contribution in [0.5, 0.6) is 0 Å². The van der Waals surface area contributed by atoms with Crippen molar-refractivity contribution >= 4 is 5.96 Å². The van der Waals surface area contributed by atoms with Gasteiger partial charge in [-0.25, -0.2) is 0 Å². The Hall–Kier alpha value is -1.64. The normalized spacial score (nSPS) is 13.2. The molecule has 1 rings (SSSR count). The summed E-state index contributed by atoms with van der Waals surface area (Å²) in [6.45, 7) is 6.32. The van der Waals surface area contributed by atoms with Crippen molar-refractivity contribution in [3.05, 3.63) is 18.0 Å². The second kappa shape index (κ2) is 13.5. The van der Waals surface area contributed by atoms with E-state index in [1.165, 1.54) is 5.56 Å². The third kappa shape index (κ3) is 9.17. The van der Waals surface area contributed by atoms with Crippen LogP contribution in [0.15, 0.2) is 17.4 Å². The largest absolute Gasteiger partial charge is 0.379 e. The van der Waals surface area contributed by atoms with Gasteiger partial charge in [-0.3, -0.25) is 9.67 Å². The van der Waals surface area contributed by atoms with Gasteiger partial charge in [-0.1, -0.05) is 13.3 Å². The van der Waals surface area contributed by atoms with Crippen molar-refractivity contribution < 1.29 is 9.47 Å². The molecule has 0 radical (unpaired) electrons. The van der Waals surface area contributed by atoms with Crippen LogP contribution in [0.1, 0.15) is 31.4 Å². The number of aliphatic imine (C=N–C) groups is 1. The van der Waals surface area contributed by atoms with Crippen molar-refractivity contribution in [2.24, 2.45) is 12.0 Å². The molecule has 1 aromatic rings. The quantitative estimate of drug-likeness (QED) is 0.308. The van der Waals surface area contributed by atoms with E-state index in [2.05, 4.69) is 46.6 Å². The zero-order chi connectivity index (χ0) is 19.2. The van der Waals surface area contributed by atoms with Crippen LogP contribution in [0, 0.1) is 0 Å². The van der Waals surface area contributed by atoms with E-state index in [0.29, 0.717) is 26.4 Å². The highest BCUT2D eigenvalue weighted by atomic mass is 16.5. The van der Waals surface area contributed by atoms with Gasteiger partial charge in [-0.05, 0) is 20.5 Å². The average molecular weight is 369 g/mol. The van der Waals surface area contributed by atoms with Crippen molar-refractivity contribution in [1.82, 2.24) is 25.3 Å². The Labute approximate surface area is 157 Å². The fourth-order valence-corrected chi connectivity index (χ4v) is 2.43. The molecule has 2 N–H and O–H groups in total. The fourth-order valence-electron chi connectivity index (χ4n) is 2.43. The number of unbranched alkanes of at least 4 members (excludes halogenated alkanes) is 1. The smallest absolute Gasteiger partial charge is 0.191 e. The first-order valence-corrected chi connectivity index (χ1v) is 9.33. The molecular formula is C18H36N6O2. The summed E-state index contributed by atoms with van der Waals surface area (Å²) in [6, 6.07) is 0.221. The molecule has 0 fully saturated rings. The van der Waals surface area contributed by atoms with Gasteiger partial charge in [0, 0.05) is 45.6 Å². The summed E-state index contributed by atoms with van der Waals surface area (Å²) in [5.74, 6) is 0.767. The molecule has 150 valence electrons. The van der Waals surface area contributed by atoms with Crippen LogP contribution in [0.3, 0.4) is 0 Å². The molecule has 8 heteroatoms. The Balaban J connectivity index is 2.21. The molecule has 1 aromatic heterocycles. The highest BCUT2D eigenvalue weighted by Gasteiger charge is 2.16. The van der Waals surface area contributed by atoms with Crippen LogP contribution in [-0.2, 0) is 16.5 Å². The predicted molar refractivity (Wildman–Crippen MR) is 106 cm³/mol. The minimum absolute atomic E-state index is 0.221. The van der Waals surface area contributed by atoms with E-state index in [0.717, 1.165) is 32.0 Å². The number of ether oxygens (including phenoxy) is 2. The Bertz CT molecular complexity index is 504. The number of hydrogen-bond acceptors (Lipinski definition) is 5. The molecule has 0 aromatic carbocycles. The summed E-state index contributed by atoms with van der Waals surface area (Å²) in [5, 5.41) is 10.9. The molecule has 0 bridgehead atoms. The molecule has 0 aliphatic heterocycles. The first-order chi connectivity index (χ1) is 12.6. The number of aromatic nitrogens is 2. The van der Waals surface area contributed by atoms with Gasteiger partial charge in [0.1, 0.15) is 0 Å². The monoisotopic (exact) mass is 368 g/mol. The SMILES string of the molecule is CCCCOCCOCCNC(=NC)NCC(c1cnn(C)c1)N(C)C. The van der Waals surface area contributed by atoms with Gasteiger partial charge in [0.15, 0.2) is 5.96 Å². The van der Waals surface area contributed by atoms with Gasteiger partial charge in [-0.2, -0.15) is 5.10 Å². The lowest BCUT2D eigenvalue weighted by Gasteiger charge is -2.24.